The van der Waals surface area contributed by atoms with Crippen molar-refractivity contribution in [3.05, 3.63) is 46.8 Å². The number of allylic oxidation sites excluding steroid dienone is 5. The lowest BCUT2D eigenvalue weighted by Gasteiger charge is -2.69. The maximum Gasteiger partial charge on any atom is 0.182 e. The molecule has 12 rings (SSSR count). The number of fused-ring (bicyclic) bond motifs is 5. The Balaban J connectivity index is 1.02. The van der Waals surface area contributed by atoms with Crippen LogP contribution >= 0.6 is 0 Å². The van der Waals surface area contributed by atoms with E-state index >= 15 is 9.90 Å². The van der Waals surface area contributed by atoms with Gasteiger partial charge in [-0.1, -0.05) is 95.8 Å². The summed E-state index contributed by atoms with van der Waals surface area (Å²) in [5.74, 6) is -3.15. The van der Waals surface area contributed by atoms with Gasteiger partial charge in [0.25, 0.3) is 0 Å². The topological polar surface area (TPSA) is 268 Å². The molecule has 1 spiro atoms. The second kappa shape index (κ2) is 25.1. The van der Waals surface area contributed by atoms with E-state index in [1.165, 1.54) is 19.3 Å². The summed E-state index contributed by atoms with van der Waals surface area (Å²) in [6.07, 6.45) is 26.1. The lowest BCUT2D eigenvalue weighted by atomic mass is 9.37. The van der Waals surface area contributed by atoms with E-state index in [0.29, 0.717) is 75.1 Å². The van der Waals surface area contributed by atoms with Crippen molar-refractivity contribution in [3.63, 3.8) is 0 Å². The Bertz CT molecular complexity index is 2480. The van der Waals surface area contributed by atoms with Gasteiger partial charge in [-0.3, -0.25) is 4.79 Å². The molecule has 2 aliphatic heterocycles. The van der Waals surface area contributed by atoms with Gasteiger partial charge in [-0.15, -0.1) is 0 Å². The van der Waals surface area contributed by atoms with Crippen LogP contribution in [0.15, 0.2) is 46.8 Å². The minimum absolute atomic E-state index is 0.00121. The summed E-state index contributed by atoms with van der Waals surface area (Å²) in [5, 5.41) is 125. The Kier molecular flexibility index (Phi) is 18.6. The van der Waals surface area contributed by atoms with Gasteiger partial charge in [0.1, 0.15) is 5.60 Å². The van der Waals surface area contributed by atoms with Gasteiger partial charge in [0.2, 0.25) is 0 Å². The number of rotatable bonds is 17. The molecule has 0 radical (unpaired) electrons. The standard InChI is InChI=1S/C70H111N3O12/c1-3-12-42-21-25-49-56(27-22-42)85-64-59(49)52(75)18-10-32-70(64,83)65(2,80)57-30-34-69(82)60-61(72-40-55(78)44-13-6-4-7-14-44)62(79)50-37-53(76)54(77)39-66(50)38-45(48-26-28-58(71)73-51(48)17-11-35-74)29-33-67(81,63(60)66)41-68(57,69)46-23-19-43(20-24-46)31-36-84-47-15-8-5-9-16-47/h26,28-29,33,42-47,49-50,52-59,63-64,72-78,80-83H,3-25,27,30-32,34-41,71H2,1-2H3. The van der Waals surface area contributed by atoms with Gasteiger partial charge in [-0.25, -0.2) is 0 Å². The van der Waals surface area contributed by atoms with Gasteiger partial charge in [-0.05, 0) is 200 Å². The molecule has 12 aliphatic rings. The summed E-state index contributed by atoms with van der Waals surface area (Å²) in [7, 11) is 0. The van der Waals surface area contributed by atoms with Crippen LogP contribution in [0.2, 0.25) is 0 Å². The van der Waals surface area contributed by atoms with E-state index in [1.54, 1.807) is 6.92 Å². The minimum atomic E-state index is -1.96. The largest absolute Gasteiger partial charge is 0.396 e. The first kappa shape index (κ1) is 62.9. The highest BCUT2D eigenvalue weighted by molar-refractivity contribution is 6.00. The predicted octanol–water partition coefficient (Wildman–Crippen LogP) is 7.96. The Labute approximate surface area is 507 Å². The molecular formula is C70H111N3O12. The summed E-state index contributed by atoms with van der Waals surface area (Å²) >= 11 is 0. The number of ether oxygens (including phenoxy) is 2. The van der Waals surface area contributed by atoms with Crippen LogP contribution in [0.3, 0.4) is 0 Å². The molecule has 1 saturated heterocycles. The van der Waals surface area contributed by atoms with Crippen molar-refractivity contribution in [1.29, 1.82) is 0 Å². The van der Waals surface area contributed by atoms with E-state index in [-0.39, 0.29) is 87.0 Å². The molecule has 15 heteroatoms. The number of aliphatic hydroxyl groups excluding tert-OH is 5. The van der Waals surface area contributed by atoms with E-state index in [0.717, 1.165) is 114 Å². The second-order valence-corrected chi connectivity index (χ2v) is 30.7. The molecule has 0 aromatic rings. The van der Waals surface area contributed by atoms with Crippen LogP contribution in [0.5, 0.6) is 0 Å². The number of nitrogens with two attached hydrogens (primary N) is 1. The number of carbonyl (C=O) groups is 1. The van der Waals surface area contributed by atoms with Gasteiger partial charge in [-0.2, -0.15) is 0 Å². The first-order valence-electron chi connectivity index (χ1n) is 35.0. The fourth-order valence-corrected chi connectivity index (χ4v) is 22.3. The number of Topliss-reactive ketones (excluding diaryl/α,β-unsaturated/α-hetero) is 1. The van der Waals surface area contributed by atoms with E-state index < -0.39 is 99.5 Å². The molecule has 13 N–H and O–H groups in total. The number of hydrogen-bond acceptors (Lipinski definition) is 15. The third-order valence-electron chi connectivity index (χ3n) is 26.3. The molecule has 2 heterocycles. The Morgan fingerprint density at radius 1 is 0.835 bits per heavy atom. The highest BCUT2D eigenvalue weighted by Crippen LogP contribution is 2.77. The van der Waals surface area contributed by atoms with Crippen molar-refractivity contribution in [1.82, 2.24) is 10.6 Å². The smallest absolute Gasteiger partial charge is 0.182 e. The molecule has 0 aromatic heterocycles. The van der Waals surface area contributed by atoms with E-state index in [4.69, 9.17) is 15.2 Å². The zero-order valence-electron chi connectivity index (χ0n) is 51.8. The van der Waals surface area contributed by atoms with E-state index in [2.05, 4.69) is 23.6 Å². The lowest BCUT2D eigenvalue weighted by molar-refractivity contribution is -0.276. The summed E-state index contributed by atoms with van der Waals surface area (Å²) in [5.41, 5.74) is -1.23. The number of hydrogen-bond donors (Lipinski definition) is 12. The van der Waals surface area contributed by atoms with Gasteiger partial charge in [0.15, 0.2) is 5.78 Å². The van der Waals surface area contributed by atoms with Crippen molar-refractivity contribution in [2.45, 2.75) is 291 Å². The third-order valence-corrected chi connectivity index (χ3v) is 26.3. The van der Waals surface area contributed by atoms with Crippen LogP contribution in [0.1, 0.15) is 219 Å². The van der Waals surface area contributed by atoms with Crippen molar-refractivity contribution >= 4 is 5.78 Å². The molecule has 0 aromatic carbocycles. The molecule has 0 amide bonds. The first-order chi connectivity index (χ1) is 40.8. The Morgan fingerprint density at radius 2 is 1.55 bits per heavy atom. The summed E-state index contributed by atoms with van der Waals surface area (Å²) in [6.45, 7) is 4.72. The highest BCUT2D eigenvalue weighted by atomic mass is 16.5. The molecule has 0 bridgehead atoms. The predicted molar refractivity (Wildman–Crippen MR) is 325 cm³/mol. The molecule has 10 aliphatic carbocycles. The highest BCUT2D eigenvalue weighted by Gasteiger charge is 2.80. The second-order valence-electron chi connectivity index (χ2n) is 30.7. The fraction of sp³-hybridized carbons (Fsp3) is 0.871. The fourth-order valence-electron chi connectivity index (χ4n) is 22.3. The minimum Gasteiger partial charge on any atom is -0.396 e. The summed E-state index contributed by atoms with van der Waals surface area (Å²) in [4.78, 5) is 16.5. The first-order valence-corrected chi connectivity index (χ1v) is 35.0. The van der Waals surface area contributed by atoms with Crippen molar-refractivity contribution in [3.8, 4) is 0 Å². The molecular weight excluding hydrogens is 1070 g/mol. The molecule has 85 heavy (non-hydrogen) atoms. The molecule has 20 atom stereocenters. The molecule has 20 unspecified atom stereocenters. The number of aliphatic hydroxyl groups is 9. The zero-order valence-corrected chi connectivity index (χ0v) is 51.8. The Morgan fingerprint density at radius 3 is 2.29 bits per heavy atom. The molecule has 9 fully saturated rings. The molecule has 478 valence electrons. The normalized spacial score (nSPS) is 46.2. The number of ketones is 1. The van der Waals surface area contributed by atoms with Crippen LogP contribution in [0.25, 0.3) is 0 Å². The van der Waals surface area contributed by atoms with Gasteiger partial charge < -0.3 is 71.8 Å². The third kappa shape index (κ3) is 11.0. The average molecular weight is 1190 g/mol. The van der Waals surface area contributed by atoms with Crippen LogP contribution < -0.4 is 16.4 Å². The molecule has 15 nitrogen and oxygen atoms in total. The Hall–Kier alpha value is -2.25. The summed E-state index contributed by atoms with van der Waals surface area (Å²) < 4.78 is 13.8. The maximum atomic E-state index is 16.5. The average Bonchev–Trinajstić information content (AvgIpc) is 1.85. The van der Waals surface area contributed by atoms with Crippen molar-refractivity contribution < 1.29 is 60.2 Å². The van der Waals surface area contributed by atoms with E-state index in [1.807, 2.05) is 18.2 Å². The van der Waals surface area contributed by atoms with Gasteiger partial charge in [0.05, 0.1) is 71.4 Å². The van der Waals surface area contributed by atoms with Crippen LogP contribution in [0, 0.1) is 70.0 Å². The number of carbonyl (C=O) groups excluding carboxylic acids is 1. The summed E-state index contributed by atoms with van der Waals surface area (Å²) in [6, 6.07) is 0. The number of dihydropyridines is 1. The van der Waals surface area contributed by atoms with Gasteiger partial charge in [0, 0.05) is 54.5 Å². The maximum absolute atomic E-state index is 16.5. The lowest BCUT2D eigenvalue weighted by Crippen LogP contribution is -2.74. The van der Waals surface area contributed by atoms with E-state index in [9.17, 15) is 40.9 Å². The quantitative estimate of drug-likeness (QED) is 0.0616. The van der Waals surface area contributed by atoms with Crippen LogP contribution in [0.4, 0.5) is 0 Å². The molecule has 8 saturated carbocycles. The monoisotopic (exact) mass is 1190 g/mol. The number of nitrogens with one attached hydrogen (secondary N) is 2. The van der Waals surface area contributed by atoms with Crippen molar-refractivity contribution in [2.24, 2.45) is 75.7 Å². The van der Waals surface area contributed by atoms with Crippen molar-refractivity contribution in [2.75, 3.05) is 19.8 Å². The van der Waals surface area contributed by atoms with Crippen LogP contribution in [-0.2, 0) is 14.3 Å². The van der Waals surface area contributed by atoms with Gasteiger partial charge >= 0.3 is 0 Å². The zero-order chi connectivity index (χ0) is 59.7. The SMILES string of the molecule is CCCC1CCC2OC3C(C(O)CCCC3(O)C(C)(O)C3CCC4(O)C5=C(NCC(O)C6CCCCC6)C(=O)C6CC(O)C(O)CC67CC(C6=C(CCCO)NC(N)C=C6)C=CC(O)(CC34C3CCC(CCOC4CCCCC4)CC3)C57)C2CC1. The van der Waals surface area contributed by atoms with Crippen LogP contribution in [-0.4, -0.2) is 143 Å².